The molecule has 1 saturated heterocycles. The van der Waals surface area contributed by atoms with Gasteiger partial charge in [-0.2, -0.15) is 4.98 Å². The van der Waals surface area contributed by atoms with Gasteiger partial charge >= 0.3 is 12.1 Å². The van der Waals surface area contributed by atoms with Crippen LogP contribution in [0, 0.1) is 0 Å². The van der Waals surface area contributed by atoms with Crippen molar-refractivity contribution in [3.63, 3.8) is 0 Å². The first-order valence-electron chi connectivity index (χ1n) is 7.16. The van der Waals surface area contributed by atoms with E-state index in [9.17, 15) is 9.59 Å². The summed E-state index contributed by atoms with van der Waals surface area (Å²) in [6, 6.07) is -0.133. The molecule has 0 aliphatic carbocycles. The Kier molecular flexibility index (Phi) is 4.93. The highest BCUT2D eigenvalue weighted by Crippen LogP contribution is 2.20. The number of rotatable bonds is 3. The van der Waals surface area contributed by atoms with Gasteiger partial charge in [0.25, 0.3) is 0 Å². The Balaban J connectivity index is 2.02. The van der Waals surface area contributed by atoms with E-state index >= 15 is 0 Å². The van der Waals surface area contributed by atoms with Gasteiger partial charge in [0.05, 0.1) is 0 Å². The standard InChI is InChI=1S/C14H19ClN4O4/c1-14(2,3)23-13(22)19-5-4-8(7-19)17-10-9(11(20)21)6-16-12(15)18-10/h6,8H,4-5,7H2,1-3H3,(H,20,21)(H,16,17,18)/t8-/m1/s1. The third kappa shape index (κ3) is 4.69. The number of likely N-dealkylation sites (tertiary alicyclic amines) is 1. The van der Waals surface area contributed by atoms with E-state index in [2.05, 4.69) is 15.3 Å². The van der Waals surface area contributed by atoms with Crippen molar-refractivity contribution in [2.45, 2.75) is 38.8 Å². The predicted molar refractivity (Wildman–Crippen MR) is 83.8 cm³/mol. The van der Waals surface area contributed by atoms with Crippen LogP contribution in [-0.4, -0.2) is 56.8 Å². The maximum absolute atomic E-state index is 12.0. The summed E-state index contributed by atoms with van der Waals surface area (Å²) in [5.41, 5.74) is -0.621. The smallest absolute Gasteiger partial charge is 0.410 e. The second-order valence-electron chi connectivity index (χ2n) is 6.26. The lowest BCUT2D eigenvalue weighted by molar-refractivity contribution is 0.0293. The van der Waals surface area contributed by atoms with Crippen molar-refractivity contribution in [1.29, 1.82) is 0 Å². The number of ether oxygens (including phenoxy) is 1. The zero-order valence-electron chi connectivity index (χ0n) is 13.2. The molecule has 1 aliphatic rings. The summed E-state index contributed by atoms with van der Waals surface area (Å²) in [5.74, 6) is -1.00. The van der Waals surface area contributed by atoms with Crippen LogP contribution in [0.15, 0.2) is 6.20 Å². The van der Waals surface area contributed by atoms with Crippen molar-refractivity contribution in [3.8, 4) is 0 Å². The molecule has 0 spiro atoms. The largest absolute Gasteiger partial charge is 0.477 e. The monoisotopic (exact) mass is 342 g/mol. The number of carbonyl (C=O) groups excluding carboxylic acids is 1. The molecule has 2 N–H and O–H groups in total. The molecule has 1 aliphatic heterocycles. The highest BCUT2D eigenvalue weighted by atomic mass is 35.5. The molecule has 0 unspecified atom stereocenters. The Morgan fingerprint density at radius 1 is 1.48 bits per heavy atom. The minimum atomic E-state index is -1.15. The summed E-state index contributed by atoms with van der Waals surface area (Å²) in [6.45, 7) is 6.33. The van der Waals surface area contributed by atoms with Crippen LogP contribution in [0.3, 0.4) is 0 Å². The highest BCUT2D eigenvalue weighted by molar-refractivity contribution is 6.28. The minimum Gasteiger partial charge on any atom is -0.477 e. The number of hydrogen-bond acceptors (Lipinski definition) is 6. The molecule has 1 fully saturated rings. The Hall–Kier alpha value is -2.09. The van der Waals surface area contributed by atoms with Crippen LogP contribution in [0.5, 0.6) is 0 Å². The van der Waals surface area contributed by atoms with Crippen LogP contribution >= 0.6 is 11.6 Å². The summed E-state index contributed by atoms with van der Waals surface area (Å²) in [4.78, 5) is 32.4. The zero-order chi connectivity index (χ0) is 17.2. The van der Waals surface area contributed by atoms with Crippen molar-refractivity contribution in [1.82, 2.24) is 14.9 Å². The van der Waals surface area contributed by atoms with E-state index in [1.807, 2.05) is 0 Å². The fourth-order valence-corrected chi connectivity index (χ4v) is 2.32. The van der Waals surface area contributed by atoms with Gasteiger partial charge in [-0.3, -0.25) is 0 Å². The number of carbonyl (C=O) groups is 2. The number of amides is 1. The number of hydrogen-bond donors (Lipinski definition) is 2. The van der Waals surface area contributed by atoms with E-state index in [4.69, 9.17) is 21.4 Å². The van der Waals surface area contributed by atoms with Gasteiger partial charge in [-0.1, -0.05) is 0 Å². The van der Waals surface area contributed by atoms with Crippen molar-refractivity contribution >= 4 is 29.5 Å². The third-order valence-electron chi connectivity index (χ3n) is 3.17. The summed E-state index contributed by atoms with van der Waals surface area (Å²) in [6.07, 6.45) is 1.42. The van der Waals surface area contributed by atoms with Crippen LogP contribution in [0.1, 0.15) is 37.6 Å². The van der Waals surface area contributed by atoms with E-state index in [1.165, 1.54) is 0 Å². The molecular formula is C14H19ClN4O4. The second-order valence-corrected chi connectivity index (χ2v) is 6.60. The molecule has 126 valence electrons. The molecule has 0 saturated carbocycles. The van der Waals surface area contributed by atoms with E-state index in [1.54, 1.807) is 25.7 Å². The van der Waals surface area contributed by atoms with Crippen molar-refractivity contribution < 1.29 is 19.4 Å². The lowest BCUT2D eigenvalue weighted by atomic mass is 10.2. The van der Waals surface area contributed by atoms with Crippen molar-refractivity contribution in [2.24, 2.45) is 0 Å². The Morgan fingerprint density at radius 3 is 2.78 bits per heavy atom. The van der Waals surface area contributed by atoms with Gasteiger partial charge < -0.3 is 20.1 Å². The van der Waals surface area contributed by atoms with Crippen molar-refractivity contribution in [3.05, 3.63) is 17.0 Å². The molecule has 0 radical (unpaired) electrons. The lowest BCUT2D eigenvalue weighted by Crippen LogP contribution is -2.36. The second kappa shape index (κ2) is 6.57. The predicted octanol–water partition coefficient (Wildman–Crippen LogP) is 2.25. The van der Waals surface area contributed by atoms with Crippen LogP contribution in [-0.2, 0) is 4.74 Å². The summed E-state index contributed by atoms with van der Waals surface area (Å²) in [7, 11) is 0. The average molecular weight is 343 g/mol. The molecule has 0 bridgehead atoms. The molecule has 1 aromatic rings. The maximum Gasteiger partial charge on any atom is 0.410 e. The lowest BCUT2D eigenvalue weighted by Gasteiger charge is -2.24. The first-order valence-corrected chi connectivity index (χ1v) is 7.54. The van der Waals surface area contributed by atoms with E-state index < -0.39 is 11.6 Å². The number of nitrogens with zero attached hydrogens (tertiary/aromatic N) is 3. The van der Waals surface area contributed by atoms with Crippen LogP contribution < -0.4 is 5.32 Å². The fourth-order valence-electron chi connectivity index (χ4n) is 2.19. The van der Waals surface area contributed by atoms with Gasteiger partial charge in [-0.25, -0.2) is 14.6 Å². The topological polar surface area (TPSA) is 105 Å². The first-order chi connectivity index (χ1) is 10.7. The SMILES string of the molecule is CC(C)(C)OC(=O)N1CC[C@@H](Nc2nc(Cl)ncc2C(=O)O)C1. The Bertz CT molecular complexity index is 617. The van der Waals surface area contributed by atoms with Gasteiger partial charge in [-0.05, 0) is 38.8 Å². The molecule has 9 heteroatoms. The Labute approximate surface area is 138 Å². The normalized spacial score (nSPS) is 17.9. The van der Waals surface area contributed by atoms with Gasteiger partial charge in [0, 0.05) is 25.3 Å². The summed E-state index contributed by atoms with van der Waals surface area (Å²) < 4.78 is 5.32. The number of nitrogens with one attached hydrogen (secondary N) is 1. The van der Waals surface area contributed by atoms with Crippen LogP contribution in [0.25, 0.3) is 0 Å². The summed E-state index contributed by atoms with van der Waals surface area (Å²) >= 11 is 5.72. The fraction of sp³-hybridized carbons (Fsp3) is 0.571. The molecular weight excluding hydrogens is 324 g/mol. The molecule has 1 aromatic heterocycles. The van der Waals surface area contributed by atoms with Gasteiger partial charge in [0.15, 0.2) is 0 Å². The first kappa shape index (κ1) is 17.3. The number of carboxylic acids is 1. The van der Waals surface area contributed by atoms with Gasteiger partial charge in [0.2, 0.25) is 5.28 Å². The summed E-state index contributed by atoms with van der Waals surface area (Å²) in [5, 5.41) is 12.1. The minimum absolute atomic E-state index is 0.0421. The number of aromatic carboxylic acids is 1. The molecule has 1 atom stereocenters. The molecule has 1 amide bonds. The van der Waals surface area contributed by atoms with Gasteiger partial charge in [0.1, 0.15) is 17.0 Å². The number of anilines is 1. The van der Waals surface area contributed by atoms with E-state index in [-0.39, 0.29) is 28.8 Å². The zero-order valence-corrected chi connectivity index (χ0v) is 13.9. The quantitative estimate of drug-likeness (QED) is 0.811. The van der Waals surface area contributed by atoms with E-state index in [0.717, 1.165) is 6.20 Å². The molecule has 2 rings (SSSR count). The molecule has 0 aromatic carbocycles. The third-order valence-corrected chi connectivity index (χ3v) is 3.35. The number of halogens is 1. The number of carboxylic acid groups (broad SMARTS) is 1. The maximum atomic E-state index is 12.0. The van der Waals surface area contributed by atoms with Gasteiger partial charge in [-0.15, -0.1) is 0 Å². The molecule has 8 nitrogen and oxygen atoms in total. The Morgan fingerprint density at radius 2 is 2.17 bits per heavy atom. The highest BCUT2D eigenvalue weighted by Gasteiger charge is 2.30. The molecule has 2 heterocycles. The number of aromatic nitrogens is 2. The van der Waals surface area contributed by atoms with Crippen LogP contribution in [0.4, 0.5) is 10.6 Å². The molecule has 23 heavy (non-hydrogen) atoms. The van der Waals surface area contributed by atoms with Crippen molar-refractivity contribution in [2.75, 3.05) is 18.4 Å². The average Bonchev–Trinajstić information content (AvgIpc) is 2.85. The van der Waals surface area contributed by atoms with Crippen LogP contribution in [0.2, 0.25) is 5.28 Å². The van der Waals surface area contributed by atoms with E-state index in [0.29, 0.717) is 19.5 Å².